The lowest BCUT2D eigenvalue weighted by Gasteiger charge is -2.42. The van der Waals surface area contributed by atoms with Crippen LogP contribution in [0.4, 0.5) is 0 Å². The molecule has 0 N–H and O–H groups in total. The van der Waals surface area contributed by atoms with Crippen molar-refractivity contribution in [3.05, 3.63) is 34.9 Å². The predicted molar refractivity (Wildman–Crippen MR) is 78.3 cm³/mol. The molecule has 1 atom stereocenters. The van der Waals surface area contributed by atoms with Crippen LogP contribution >= 0.6 is 11.6 Å². The maximum absolute atomic E-state index is 12.3. The van der Waals surface area contributed by atoms with Crippen LogP contribution in [0.25, 0.3) is 0 Å². The third-order valence-electron chi connectivity index (χ3n) is 3.85. The maximum Gasteiger partial charge on any atom is 0.237 e. The van der Waals surface area contributed by atoms with Crippen molar-refractivity contribution in [2.24, 2.45) is 0 Å². The molecule has 0 bridgehead atoms. The molecule has 3 nitrogen and oxygen atoms in total. The average Bonchev–Trinajstić information content (AvgIpc) is 2.37. The van der Waals surface area contributed by atoms with Crippen LogP contribution in [0.5, 0.6) is 0 Å². The van der Waals surface area contributed by atoms with E-state index in [2.05, 4.69) is 18.7 Å². The van der Waals surface area contributed by atoms with E-state index in [1.165, 1.54) is 5.56 Å². The van der Waals surface area contributed by atoms with Crippen molar-refractivity contribution in [3.8, 4) is 0 Å². The number of hydrogen-bond acceptors (Lipinski definition) is 2. The highest BCUT2D eigenvalue weighted by molar-refractivity contribution is 6.30. The number of hydrogen-bond donors (Lipinski definition) is 0. The molecule has 0 aromatic heterocycles. The van der Waals surface area contributed by atoms with Crippen molar-refractivity contribution in [2.45, 2.75) is 26.3 Å². The van der Waals surface area contributed by atoms with Crippen LogP contribution in [0, 0.1) is 0 Å². The topological polar surface area (TPSA) is 23.6 Å². The zero-order chi connectivity index (χ0) is 13.8. The second kappa shape index (κ2) is 6.40. The van der Waals surface area contributed by atoms with E-state index in [4.69, 9.17) is 11.6 Å². The highest BCUT2D eigenvalue weighted by Crippen LogP contribution is 2.33. The van der Waals surface area contributed by atoms with Gasteiger partial charge in [-0.2, -0.15) is 0 Å². The summed E-state index contributed by atoms with van der Waals surface area (Å²) in [6, 6.07) is 8.05. The van der Waals surface area contributed by atoms with Crippen LogP contribution in [0.15, 0.2) is 24.3 Å². The lowest BCUT2D eigenvalue weighted by Crippen LogP contribution is -2.49. The van der Waals surface area contributed by atoms with Gasteiger partial charge in [-0.3, -0.25) is 9.69 Å². The number of likely N-dealkylation sites (N-methyl/N-ethyl adjacent to an activating group) is 1. The minimum absolute atomic E-state index is 0.231. The zero-order valence-electron chi connectivity index (χ0n) is 11.6. The third-order valence-corrected chi connectivity index (χ3v) is 4.10. The van der Waals surface area contributed by atoms with E-state index in [0.29, 0.717) is 6.54 Å². The number of rotatable bonds is 5. The summed E-state index contributed by atoms with van der Waals surface area (Å²) in [4.78, 5) is 16.4. The first-order valence-corrected chi connectivity index (χ1v) is 7.30. The lowest BCUT2D eigenvalue weighted by molar-refractivity contribution is -0.140. The second-order valence-electron chi connectivity index (χ2n) is 4.90. The fourth-order valence-corrected chi connectivity index (χ4v) is 2.57. The molecule has 0 spiro atoms. The highest BCUT2D eigenvalue weighted by Gasteiger charge is 2.33. The molecular weight excluding hydrogens is 260 g/mol. The molecule has 1 fully saturated rings. The van der Waals surface area contributed by atoms with E-state index in [9.17, 15) is 4.79 Å². The molecule has 2 rings (SSSR count). The SMILES string of the molecule is CCN(CC)CC(=O)N1CC[C@H]1c1ccc(Cl)cc1. The summed E-state index contributed by atoms with van der Waals surface area (Å²) in [6.07, 6.45) is 1.05. The highest BCUT2D eigenvalue weighted by atomic mass is 35.5. The van der Waals surface area contributed by atoms with E-state index < -0.39 is 0 Å². The normalized spacial score (nSPS) is 18.5. The summed E-state index contributed by atoms with van der Waals surface area (Å²) in [7, 11) is 0. The van der Waals surface area contributed by atoms with Gasteiger partial charge in [0.15, 0.2) is 0 Å². The Morgan fingerprint density at radius 2 is 1.95 bits per heavy atom. The standard InChI is InChI=1S/C15H21ClN2O/c1-3-17(4-2)11-15(19)18-10-9-14(18)12-5-7-13(16)8-6-12/h5-8,14H,3-4,9-11H2,1-2H3/t14-/m0/s1. The molecule has 1 amide bonds. The molecule has 0 aliphatic carbocycles. The largest absolute Gasteiger partial charge is 0.334 e. The first-order valence-electron chi connectivity index (χ1n) is 6.93. The predicted octanol–water partition coefficient (Wildman–Crippen LogP) is 2.96. The summed E-state index contributed by atoms with van der Waals surface area (Å²) < 4.78 is 0. The molecule has 1 heterocycles. The molecule has 1 aliphatic heterocycles. The van der Waals surface area contributed by atoms with Crippen molar-refractivity contribution in [1.29, 1.82) is 0 Å². The van der Waals surface area contributed by atoms with Gasteiger partial charge in [0.1, 0.15) is 0 Å². The summed E-state index contributed by atoms with van der Waals surface area (Å²) in [5.74, 6) is 0.231. The van der Waals surface area contributed by atoms with Gasteiger partial charge in [0.05, 0.1) is 12.6 Å². The number of nitrogens with zero attached hydrogens (tertiary/aromatic N) is 2. The van der Waals surface area contributed by atoms with Crippen molar-refractivity contribution >= 4 is 17.5 Å². The van der Waals surface area contributed by atoms with Gasteiger partial charge in [0.25, 0.3) is 0 Å². The van der Waals surface area contributed by atoms with Gasteiger partial charge in [-0.25, -0.2) is 0 Å². The Morgan fingerprint density at radius 1 is 1.32 bits per heavy atom. The van der Waals surface area contributed by atoms with Crippen molar-refractivity contribution in [1.82, 2.24) is 9.80 Å². The van der Waals surface area contributed by atoms with Crippen LogP contribution in [0.2, 0.25) is 5.02 Å². The Kier molecular flexibility index (Phi) is 4.83. The molecule has 0 saturated carbocycles. The van der Waals surface area contributed by atoms with Gasteiger partial charge in [0.2, 0.25) is 5.91 Å². The van der Waals surface area contributed by atoms with Crippen LogP contribution < -0.4 is 0 Å². The van der Waals surface area contributed by atoms with E-state index in [-0.39, 0.29) is 11.9 Å². The Labute approximate surface area is 120 Å². The Balaban J connectivity index is 1.98. The fourth-order valence-electron chi connectivity index (χ4n) is 2.45. The molecule has 0 unspecified atom stereocenters. The number of carbonyl (C=O) groups is 1. The monoisotopic (exact) mass is 280 g/mol. The van der Waals surface area contributed by atoms with Crippen LogP contribution in [-0.4, -0.2) is 41.9 Å². The zero-order valence-corrected chi connectivity index (χ0v) is 12.4. The number of halogens is 1. The summed E-state index contributed by atoms with van der Waals surface area (Å²) in [5.41, 5.74) is 1.18. The molecule has 1 aromatic rings. The van der Waals surface area contributed by atoms with Crippen molar-refractivity contribution < 1.29 is 4.79 Å². The van der Waals surface area contributed by atoms with E-state index >= 15 is 0 Å². The number of likely N-dealkylation sites (tertiary alicyclic amines) is 1. The second-order valence-corrected chi connectivity index (χ2v) is 5.34. The Bertz CT molecular complexity index is 428. The maximum atomic E-state index is 12.3. The fraction of sp³-hybridized carbons (Fsp3) is 0.533. The van der Waals surface area contributed by atoms with Gasteiger partial charge >= 0.3 is 0 Å². The van der Waals surface area contributed by atoms with Gasteiger partial charge in [-0.05, 0) is 37.2 Å². The van der Waals surface area contributed by atoms with Gasteiger partial charge < -0.3 is 4.90 Å². The summed E-state index contributed by atoms with van der Waals surface area (Å²) in [6.45, 7) is 7.40. The van der Waals surface area contributed by atoms with Crippen molar-refractivity contribution in [3.63, 3.8) is 0 Å². The third kappa shape index (κ3) is 3.28. The van der Waals surface area contributed by atoms with Crippen LogP contribution in [0.1, 0.15) is 31.9 Å². The molecule has 1 saturated heterocycles. The number of amides is 1. The number of carbonyl (C=O) groups excluding carboxylic acids is 1. The molecule has 104 valence electrons. The Morgan fingerprint density at radius 3 is 2.42 bits per heavy atom. The Hall–Kier alpha value is -1.06. The lowest BCUT2D eigenvalue weighted by atomic mass is 9.94. The van der Waals surface area contributed by atoms with E-state index in [1.807, 2.05) is 29.2 Å². The van der Waals surface area contributed by atoms with E-state index in [0.717, 1.165) is 31.1 Å². The van der Waals surface area contributed by atoms with Crippen LogP contribution in [0.3, 0.4) is 0 Å². The summed E-state index contributed by atoms with van der Waals surface area (Å²) >= 11 is 5.90. The van der Waals surface area contributed by atoms with Gasteiger partial charge in [-0.1, -0.05) is 37.6 Å². The minimum Gasteiger partial charge on any atom is -0.334 e. The molecule has 19 heavy (non-hydrogen) atoms. The van der Waals surface area contributed by atoms with Gasteiger partial charge in [0, 0.05) is 11.6 Å². The smallest absolute Gasteiger partial charge is 0.237 e. The number of benzene rings is 1. The quantitative estimate of drug-likeness (QED) is 0.828. The molecule has 1 aliphatic rings. The summed E-state index contributed by atoms with van der Waals surface area (Å²) in [5, 5.41) is 0.740. The first-order chi connectivity index (χ1) is 9.15. The first kappa shape index (κ1) is 14.4. The average molecular weight is 281 g/mol. The molecule has 4 heteroatoms. The van der Waals surface area contributed by atoms with Gasteiger partial charge in [-0.15, -0.1) is 0 Å². The van der Waals surface area contributed by atoms with E-state index in [1.54, 1.807) is 0 Å². The molecular formula is C15H21ClN2O. The minimum atomic E-state index is 0.231. The molecule has 0 radical (unpaired) electrons. The van der Waals surface area contributed by atoms with Crippen molar-refractivity contribution in [2.75, 3.05) is 26.2 Å². The van der Waals surface area contributed by atoms with Crippen LogP contribution in [-0.2, 0) is 4.79 Å². The molecule has 1 aromatic carbocycles.